The lowest BCUT2D eigenvalue weighted by molar-refractivity contribution is 0.389. The van der Waals surface area contributed by atoms with E-state index in [2.05, 4.69) is 22.5 Å². The Bertz CT molecular complexity index is 367. The first kappa shape index (κ1) is 11.7. The highest BCUT2D eigenvalue weighted by Crippen LogP contribution is 2.25. The van der Waals surface area contributed by atoms with Crippen molar-refractivity contribution in [2.45, 2.75) is 38.8 Å². The largest absolute Gasteiger partial charge is 0.379 e. The number of aryl methyl sites for hydroxylation is 1. The predicted octanol–water partition coefficient (Wildman–Crippen LogP) is 2.60. The van der Waals surface area contributed by atoms with E-state index in [-0.39, 0.29) is 0 Å². The number of nitrogens with one attached hydrogen (secondary N) is 2. The molecule has 0 saturated carbocycles. The van der Waals surface area contributed by atoms with E-state index in [4.69, 9.17) is 11.6 Å². The highest BCUT2D eigenvalue weighted by atomic mass is 35.5. The van der Waals surface area contributed by atoms with Crippen LogP contribution < -0.4 is 10.6 Å². The smallest absolute Gasteiger partial charge is 0.0849 e. The van der Waals surface area contributed by atoms with Crippen LogP contribution in [-0.2, 0) is 0 Å². The van der Waals surface area contributed by atoms with E-state index in [0.717, 1.165) is 22.9 Å². The summed E-state index contributed by atoms with van der Waals surface area (Å²) in [6.45, 7) is 5.25. The van der Waals surface area contributed by atoms with Crippen LogP contribution in [0.1, 0.15) is 25.5 Å². The second kappa shape index (κ2) is 5.02. The third-order valence-electron chi connectivity index (χ3n) is 3.17. The molecule has 2 heterocycles. The molecule has 1 aliphatic heterocycles. The Labute approximate surface area is 102 Å². The average Bonchev–Trinajstić information content (AvgIpc) is 2.28. The van der Waals surface area contributed by atoms with Gasteiger partial charge in [0.15, 0.2) is 0 Å². The normalized spacial score (nSPS) is 25.4. The fraction of sp³-hybridized carbons (Fsp3) is 0.583. The molecule has 0 radical (unpaired) electrons. The zero-order valence-corrected chi connectivity index (χ0v) is 10.5. The second-order valence-corrected chi connectivity index (χ2v) is 4.77. The van der Waals surface area contributed by atoms with Crippen molar-refractivity contribution in [3.8, 4) is 0 Å². The maximum atomic E-state index is 6.21. The second-order valence-electron chi connectivity index (χ2n) is 4.39. The quantitative estimate of drug-likeness (QED) is 0.833. The molecule has 1 aromatic rings. The van der Waals surface area contributed by atoms with Gasteiger partial charge in [-0.3, -0.25) is 4.98 Å². The number of rotatable bonds is 2. The van der Waals surface area contributed by atoms with Crippen LogP contribution in [0.25, 0.3) is 0 Å². The number of pyridine rings is 1. The minimum absolute atomic E-state index is 0.452. The van der Waals surface area contributed by atoms with Gasteiger partial charge in [-0.1, -0.05) is 11.6 Å². The van der Waals surface area contributed by atoms with E-state index in [0.29, 0.717) is 12.1 Å². The van der Waals surface area contributed by atoms with Gasteiger partial charge in [0.25, 0.3) is 0 Å². The van der Waals surface area contributed by atoms with Gasteiger partial charge in [0.2, 0.25) is 0 Å². The van der Waals surface area contributed by atoms with Gasteiger partial charge >= 0.3 is 0 Å². The standard InChI is InChI=1S/C12H18ClN3/c1-8-10(4-3-6-14-8)16-11-5-7-15-9(2)12(11)13/h5,7-8,10,14H,3-4,6H2,1-2H3,(H,15,16). The topological polar surface area (TPSA) is 37.0 Å². The highest BCUT2D eigenvalue weighted by molar-refractivity contribution is 6.33. The lowest BCUT2D eigenvalue weighted by Crippen LogP contribution is -2.46. The fourth-order valence-electron chi connectivity index (χ4n) is 2.10. The number of nitrogens with zero attached hydrogens (tertiary/aromatic N) is 1. The Morgan fingerprint density at radius 2 is 2.38 bits per heavy atom. The first-order valence-corrected chi connectivity index (χ1v) is 6.17. The molecule has 2 N–H and O–H groups in total. The van der Waals surface area contributed by atoms with Gasteiger partial charge in [-0.25, -0.2) is 0 Å². The Hall–Kier alpha value is -0.800. The van der Waals surface area contributed by atoms with Crippen molar-refractivity contribution in [1.29, 1.82) is 0 Å². The Kier molecular flexibility index (Phi) is 3.66. The van der Waals surface area contributed by atoms with E-state index in [1.165, 1.54) is 12.8 Å². The van der Waals surface area contributed by atoms with Gasteiger partial charge in [-0.05, 0) is 39.3 Å². The Balaban J connectivity index is 2.10. The number of hydrogen-bond donors (Lipinski definition) is 2. The molecule has 0 spiro atoms. The molecule has 3 nitrogen and oxygen atoms in total. The highest BCUT2D eigenvalue weighted by Gasteiger charge is 2.21. The molecule has 2 atom stereocenters. The number of piperidine rings is 1. The molecule has 16 heavy (non-hydrogen) atoms. The van der Waals surface area contributed by atoms with Crippen molar-refractivity contribution in [2.75, 3.05) is 11.9 Å². The molecule has 0 bridgehead atoms. The summed E-state index contributed by atoms with van der Waals surface area (Å²) < 4.78 is 0. The summed E-state index contributed by atoms with van der Waals surface area (Å²) in [5, 5.41) is 7.71. The molecule has 4 heteroatoms. The van der Waals surface area contributed by atoms with Crippen LogP contribution in [0.5, 0.6) is 0 Å². The Morgan fingerprint density at radius 1 is 1.56 bits per heavy atom. The zero-order chi connectivity index (χ0) is 11.5. The molecule has 1 aliphatic rings. The molecule has 2 unspecified atom stereocenters. The van der Waals surface area contributed by atoms with Crippen LogP contribution >= 0.6 is 11.6 Å². The van der Waals surface area contributed by atoms with Gasteiger partial charge in [0.05, 0.1) is 16.4 Å². The van der Waals surface area contributed by atoms with Crippen LogP contribution in [0.15, 0.2) is 12.3 Å². The molecular weight excluding hydrogens is 222 g/mol. The van der Waals surface area contributed by atoms with Crippen LogP contribution in [-0.4, -0.2) is 23.6 Å². The molecule has 2 rings (SSSR count). The monoisotopic (exact) mass is 239 g/mol. The average molecular weight is 240 g/mol. The van der Waals surface area contributed by atoms with Crippen molar-refractivity contribution in [2.24, 2.45) is 0 Å². The van der Waals surface area contributed by atoms with E-state index in [1.54, 1.807) is 6.20 Å². The van der Waals surface area contributed by atoms with Crippen molar-refractivity contribution in [3.63, 3.8) is 0 Å². The zero-order valence-electron chi connectivity index (χ0n) is 9.76. The fourth-order valence-corrected chi connectivity index (χ4v) is 2.27. The van der Waals surface area contributed by atoms with E-state index >= 15 is 0 Å². The van der Waals surface area contributed by atoms with Crippen LogP contribution in [0.3, 0.4) is 0 Å². The van der Waals surface area contributed by atoms with Crippen LogP contribution in [0.2, 0.25) is 5.02 Å². The van der Waals surface area contributed by atoms with Crippen molar-refractivity contribution in [3.05, 3.63) is 23.0 Å². The van der Waals surface area contributed by atoms with Gasteiger partial charge in [-0.2, -0.15) is 0 Å². The third kappa shape index (κ3) is 2.47. The van der Waals surface area contributed by atoms with Crippen molar-refractivity contribution in [1.82, 2.24) is 10.3 Å². The van der Waals surface area contributed by atoms with Gasteiger partial charge in [-0.15, -0.1) is 0 Å². The minimum Gasteiger partial charge on any atom is -0.379 e. The molecule has 0 aromatic carbocycles. The lowest BCUT2D eigenvalue weighted by atomic mass is 9.99. The molecule has 0 amide bonds. The third-order valence-corrected chi connectivity index (χ3v) is 3.64. The number of anilines is 1. The summed E-state index contributed by atoms with van der Waals surface area (Å²) in [4.78, 5) is 4.16. The molecule has 0 aliphatic carbocycles. The maximum Gasteiger partial charge on any atom is 0.0849 e. The summed E-state index contributed by atoms with van der Waals surface area (Å²) in [6, 6.07) is 2.88. The SMILES string of the molecule is Cc1nccc(NC2CCCNC2C)c1Cl. The predicted molar refractivity (Wildman–Crippen MR) is 68.1 cm³/mol. The van der Waals surface area contributed by atoms with Gasteiger partial charge in [0.1, 0.15) is 0 Å². The van der Waals surface area contributed by atoms with Crippen LogP contribution in [0.4, 0.5) is 5.69 Å². The minimum atomic E-state index is 0.452. The number of hydrogen-bond acceptors (Lipinski definition) is 3. The first-order chi connectivity index (χ1) is 7.68. The lowest BCUT2D eigenvalue weighted by Gasteiger charge is -2.31. The first-order valence-electron chi connectivity index (χ1n) is 5.79. The maximum absolute atomic E-state index is 6.21. The van der Waals surface area contributed by atoms with Crippen molar-refractivity contribution < 1.29 is 0 Å². The summed E-state index contributed by atoms with van der Waals surface area (Å²) in [5.74, 6) is 0. The molecule has 1 saturated heterocycles. The van der Waals surface area contributed by atoms with Gasteiger partial charge in [0, 0.05) is 18.3 Å². The van der Waals surface area contributed by atoms with Crippen molar-refractivity contribution >= 4 is 17.3 Å². The van der Waals surface area contributed by atoms with Gasteiger partial charge < -0.3 is 10.6 Å². The molecule has 1 fully saturated rings. The molecular formula is C12H18ClN3. The summed E-state index contributed by atoms with van der Waals surface area (Å²) >= 11 is 6.21. The summed E-state index contributed by atoms with van der Waals surface area (Å²) in [5.41, 5.74) is 1.87. The number of aromatic nitrogens is 1. The molecule has 1 aromatic heterocycles. The molecule has 88 valence electrons. The number of halogens is 1. The Morgan fingerprint density at radius 3 is 3.12 bits per heavy atom. The van der Waals surface area contributed by atoms with E-state index in [9.17, 15) is 0 Å². The summed E-state index contributed by atoms with van der Waals surface area (Å²) in [7, 11) is 0. The van der Waals surface area contributed by atoms with E-state index < -0.39 is 0 Å². The van der Waals surface area contributed by atoms with E-state index in [1.807, 2.05) is 13.0 Å². The van der Waals surface area contributed by atoms with Crippen LogP contribution in [0, 0.1) is 6.92 Å². The summed E-state index contributed by atoms with van der Waals surface area (Å²) in [6.07, 6.45) is 4.19.